The molecule has 2 rings (SSSR count). The van der Waals surface area contributed by atoms with E-state index in [1.54, 1.807) is 6.07 Å². The Morgan fingerprint density at radius 3 is 2.63 bits per heavy atom. The van der Waals surface area contributed by atoms with Crippen LogP contribution in [0.1, 0.15) is 37.3 Å². The van der Waals surface area contributed by atoms with Crippen molar-refractivity contribution in [1.29, 1.82) is 0 Å². The quantitative estimate of drug-likeness (QED) is 0.838. The molecule has 1 aromatic carbocycles. The Balaban J connectivity index is 2.23. The molecule has 0 aliphatic heterocycles. The van der Waals surface area contributed by atoms with Gasteiger partial charge in [-0.1, -0.05) is 25.5 Å². The van der Waals surface area contributed by atoms with E-state index in [0.29, 0.717) is 11.4 Å². The van der Waals surface area contributed by atoms with Crippen LogP contribution in [0.15, 0.2) is 23.1 Å². The fourth-order valence-electron chi connectivity index (χ4n) is 2.21. The van der Waals surface area contributed by atoms with Gasteiger partial charge in [0.1, 0.15) is 0 Å². The van der Waals surface area contributed by atoms with Gasteiger partial charge < -0.3 is 5.32 Å². The van der Waals surface area contributed by atoms with E-state index in [4.69, 9.17) is 0 Å². The van der Waals surface area contributed by atoms with Crippen molar-refractivity contribution < 1.29 is 8.42 Å². The van der Waals surface area contributed by atoms with Crippen molar-refractivity contribution in [2.45, 2.75) is 50.6 Å². The van der Waals surface area contributed by atoms with Gasteiger partial charge in [0.05, 0.1) is 4.90 Å². The van der Waals surface area contributed by atoms with Crippen molar-refractivity contribution in [3.8, 4) is 0 Å². The summed E-state index contributed by atoms with van der Waals surface area (Å²) in [4.78, 5) is 0.412. The Labute approximate surface area is 115 Å². The highest BCUT2D eigenvalue weighted by Gasteiger charge is 2.26. The van der Waals surface area contributed by atoms with Gasteiger partial charge in [0.15, 0.2) is 0 Å². The van der Waals surface area contributed by atoms with Crippen LogP contribution in [-0.4, -0.2) is 21.0 Å². The lowest BCUT2D eigenvalue weighted by Crippen LogP contribution is -2.39. The molecule has 1 aromatic rings. The van der Waals surface area contributed by atoms with Gasteiger partial charge in [0, 0.05) is 12.6 Å². The molecule has 1 aliphatic carbocycles. The van der Waals surface area contributed by atoms with Crippen LogP contribution in [-0.2, 0) is 16.6 Å². The lowest BCUT2D eigenvalue weighted by atomic mass is 9.94. The summed E-state index contributed by atoms with van der Waals surface area (Å²) >= 11 is 0. The molecule has 0 bridgehead atoms. The van der Waals surface area contributed by atoms with Gasteiger partial charge in [-0.15, -0.1) is 0 Å². The van der Waals surface area contributed by atoms with E-state index in [0.717, 1.165) is 36.9 Å². The molecule has 0 unspecified atom stereocenters. The van der Waals surface area contributed by atoms with Gasteiger partial charge in [-0.25, -0.2) is 13.1 Å². The molecule has 19 heavy (non-hydrogen) atoms. The van der Waals surface area contributed by atoms with Crippen LogP contribution in [0, 0.1) is 6.92 Å². The topological polar surface area (TPSA) is 58.2 Å². The highest BCUT2D eigenvalue weighted by atomic mass is 32.2. The SMILES string of the molecule is CCNCc1cccc(S(=O)(=O)NC2CCC2)c1C. The van der Waals surface area contributed by atoms with Crippen LogP contribution in [0.25, 0.3) is 0 Å². The summed E-state index contributed by atoms with van der Waals surface area (Å²) < 4.78 is 27.5. The Bertz CT molecular complexity index is 536. The highest BCUT2D eigenvalue weighted by molar-refractivity contribution is 7.89. The van der Waals surface area contributed by atoms with E-state index in [9.17, 15) is 8.42 Å². The Hall–Kier alpha value is -0.910. The minimum absolute atomic E-state index is 0.127. The molecule has 1 aliphatic rings. The third kappa shape index (κ3) is 3.35. The summed E-state index contributed by atoms with van der Waals surface area (Å²) in [6, 6.07) is 5.60. The zero-order chi connectivity index (χ0) is 13.9. The number of benzene rings is 1. The maximum absolute atomic E-state index is 12.4. The van der Waals surface area contributed by atoms with E-state index in [1.165, 1.54) is 0 Å². The smallest absolute Gasteiger partial charge is 0.241 e. The number of sulfonamides is 1. The standard InChI is InChI=1S/C14H22N2O2S/c1-3-15-10-12-6-4-9-14(11(12)2)19(17,18)16-13-7-5-8-13/h4,6,9,13,15-16H,3,5,7-8,10H2,1-2H3. The van der Waals surface area contributed by atoms with E-state index in [-0.39, 0.29) is 6.04 Å². The molecule has 0 saturated heterocycles. The Kier molecular flexibility index (Phi) is 4.60. The summed E-state index contributed by atoms with van der Waals surface area (Å²) in [7, 11) is -3.38. The van der Waals surface area contributed by atoms with Gasteiger partial charge in [0.25, 0.3) is 0 Å². The number of hydrogen-bond acceptors (Lipinski definition) is 3. The fourth-order valence-corrected chi connectivity index (χ4v) is 3.80. The molecular weight excluding hydrogens is 260 g/mol. The van der Waals surface area contributed by atoms with Gasteiger partial charge in [-0.3, -0.25) is 0 Å². The maximum atomic E-state index is 12.4. The van der Waals surface area contributed by atoms with Crippen LogP contribution < -0.4 is 10.0 Å². The predicted molar refractivity (Wildman–Crippen MR) is 76.5 cm³/mol. The second kappa shape index (κ2) is 6.03. The van der Waals surface area contributed by atoms with Crippen LogP contribution >= 0.6 is 0 Å². The molecule has 0 spiro atoms. The number of rotatable bonds is 6. The summed E-state index contributed by atoms with van der Waals surface area (Å²) in [5.74, 6) is 0. The van der Waals surface area contributed by atoms with E-state index in [1.807, 2.05) is 26.0 Å². The first-order valence-corrected chi connectivity index (χ1v) is 8.34. The number of hydrogen-bond donors (Lipinski definition) is 2. The third-order valence-electron chi connectivity index (χ3n) is 3.68. The molecule has 0 aromatic heterocycles. The molecule has 0 radical (unpaired) electrons. The summed E-state index contributed by atoms with van der Waals surface area (Å²) in [6.45, 7) is 5.49. The van der Waals surface area contributed by atoms with Gasteiger partial charge in [0.2, 0.25) is 10.0 Å². The van der Waals surface area contributed by atoms with Crippen LogP contribution in [0.3, 0.4) is 0 Å². The second-order valence-corrected chi connectivity index (χ2v) is 6.75. The molecule has 106 valence electrons. The van der Waals surface area contributed by atoms with Crippen LogP contribution in [0.2, 0.25) is 0 Å². The van der Waals surface area contributed by atoms with Crippen LogP contribution in [0.4, 0.5) is 0 Å². The maximum Gasteiger partial charge on any atom is 0.241 e. The van der Waals surface area contributed by atoms with Crippen LogP contribution in [0.5, 0.6) is 0 Å². The monoisotopic (exact) mass is 282 g/mol. The summed E-state index contributed by atoms with van der Waals surface area (Å²) in [6.07, 6.45) is 3.03. The minimum Gasteiger partial charge on any atom is -0.313 e. The number of nitrogens with one attached hydrogen (secondary N) is 2. The lowest BCUT2D eigenvalue weighted by molar-refractivity contribution is 0.383. The van der Waals surface area contributed by atoms with Crippen molar-refractivity contribution in [3.05, 3.63) is 29.3 Å². The molecule has 2 N–H and O–H groups in total. The Morgan fingerprint density at radius 1 is 1.32 bits per heavy atom. The molecule has 1 fully saturated rings. The fraction of sp³-hybridized carbons (Fsp3) is 0.571. The zero-order valence-electron chi connectivity index (χ0n) is 11.6. The van der Waals surface area contributed by atoms with Crippen molar-refractivity contribution in [3.63, 3.8) is 0 Å². The average molecular weight is 282 g/mol. The zero-order valence-corrected chi connectivity index (χ0v) is 12.4. The Morgan fingerprint density at radius 2 is 2.05 bits per heavy atom. The first-order chi connectivity index (χ1) is 9.04. The first kappa shape index (κ1) is 14.5. The normalized spacial score (nSPS) is 16.3. The van der Waals surface area contributed by atoms with Crippen molar-refractivity contribution in [1.82, 2.24) is 10.0 Å². The second-order valence-electron chi connectivity index (χ2n) is 5.07. The predicted octanol–water partition coefficient (Wildman–Crippen LogP) is 1.94. The van der Waals surface area contributed by atoms with Gasteiger partial charge in [-0.05, 0) is 43.5 Å². The molecule has 5 heteroatoms. The van der Waals surface area contributed by atoms with Crippen molar-refractivity contribution in [2.24, 2.45) is 0 Å². The van der Waals surface area contributed by atoms with E-state index < -0.39 is 10.0 Å². The first-order valence-electron chi connectivity index (χ1n) is 6.86. The van der Waals surface area contributed by atoms with Crippen molar-refractivity contribution in [2.75, 3.05) is 6.54 Å². The van der Waals surface area contributed by atoms with Gasteiger partial charge in [-0.2, -0.15) is 0 Å². The molecular formula is C14H22N2O2S. The molecule has 0 atom stereocenters. The molecule has 1 saturated carbocycles. The molecule has 0 heterocycles. The summed E-state index contributed by atoms with van der Waals surface area (Å²) in [5.41, 5.74) is 1.88. The lowest BCUT2D eigenvalue weighted by Gasteiger charge is -2.26. The van der Waals surface area contributed by atoms with E-state index in [2.05, 4.69) is 10.0 Å². The molecule has 4 nitrogen and oxygen atoms in total. The van der Waals surface area contributed by atoms with Crippen molar-refractivity contribution >= 4 is 10.0 Å². The minimum atomic E-state index is -3.38. The van der Waals surface area contributed by atoms with E-state index >= 15 is 0 Å². The third-order valence-corrected chi connectivity index (χ3v) is 5.34. The van der Waals surface area contributed by atoms with Gasteiger partial charge >= 0.3 is 0 Å². The molecule has 0 amide bonds. The average Bonchev–Trinajstić information content (AvgIpc) is 2.33. The summed E-state index contributed by atoms with van der Waals surface area (Å²) in [5, 5.41) is 3.23. The highest BCUT2D eigenvalue weighted by Crippen LogP contribution is 2.23. The largest absolute Gasteiger partial charge is 0.313 e.